The molecule has 26 heavy (non-hydrogen) atoms. The Balaban J connectivity index is 1.58. The predicted molar refractivity (Wildman–Crippen MR) is 105 cm³/mol. The highest BCUT2D eigenvalue weighted by Crippen LogP contribution is 2.23. The second kappa shape index (κ2) is 8.05. The maximum absolute atomic E-state index is 12.8. The first-order valence-corrected chi connectivity index (χ1v) is 9.36. The number of likely N-dealkylation sites (N-methyl/N-ethyl adjacent to an activating group) is 1. The summed E-state index contributed by atoms with van der Waals surface area (Å²) in [6, 6.07) is 6.10. The molecule has 2 aliphatic heterocycles. The van der Waals surface area contributed by atoms with E-state index in [0.717, 1.165) is 57.7 Å². The molecule has 2 saturated heterocycles. The van der Waals surface area contributed by atoms with E-state index in [4.69, 9.17) is 11.5 Å². The van der Waals surface area contributed by atoms with Crippen molar-refractivity contribution in [1.82, 2.24) is 14.7 Å². The lowest BCUT2D eigenvalue weighted by Gasteiger charge is -2.42. The summed E-state index contributed by atoms with van der Waals surface area (Å²) in [6.45, 7) is 8.12. The van der Waals surface area contributed by atoms with Crippen molar-refractivity contribution in [2.75, 3.05) is 46.3 Å². The molecule has 7 heteroatoms. The van der Waals surface area contributed by atoms with Gasteiger partial charge in [-0.3, -0.25) is 9.69 Å². The highest BCUT2D eigenvalue weighted by molar-refractivity contribution is 5.95. The number of nitrogens with zero attached hydrogens (tertiary/aromatic N) is 4. The summed E-state index contributed by atoms with van der Waals surface area (Å²) in [6.07, 6.45) is 2.11. The van der Waals surface area contributed by atoms with Gasteiger partial charge in [-0.2, -0.15) is 0 Å². The van der Waals surface area contributed by atoms with Gasteiger partial charge >= 0.3 is 0 Å². The molecule has 0 bridgehead atoms. The molecular formula is C19H30N6O. The quantitative estimate of drug-likeness (QED) is 0.615. The number of aliphatic imine (C=N–C) groups is 1. The molecule has 0 atom stereocenters. The summed E-state index contributed by atoms with van der Waals surface area (Å²) < 4.78 is 0. The monoisotopic (exact) mass is 358 g/mol. The van der Waals surface area contributed by atoms with Crippen molar-refractivity contribution in [2.24, 2.45) is 16.5 Å². The molecule has 0 spiro atoms. The van der Waals surface area contributed by atoms with Crippen LogP contribution in [0.2, 0.25) is 0 Å². The Morgan fingerprint density at radius 3 is 2.31 bits per heavy atom. The number of carbonyl (C=O) groups is 1. The molecule has 0 radical (unpaired) electrons. The number of rotatable bonds is 3. The molecule has 2 heterocycles. The number of carbonyl (C=O) groups excluding carboxylic acids is 1. The third-order valence-electron chi connectivity index (χ3n) is 5.50. The number of piperazine rings is 1. The van der Waals surface area contributed by atoms with Crippen molar-refractivity contribution in [3.8, 4) is 0 Å². The van der Waals surface area contributed by atoms with Crippen molar-refractivity contribution in [2.45, 2.75) is 25.8 Å². The zero-order chi connectivity index (χ0) is 18.7. The number of benzene rings is 1. The molecule has 0 unspecified atom stereocenters. The predicted octanol–water partition coefficient (Wildman–Crippen LogP) is 0.752. The van der Waals surface area contributed by atoms with Crippen molar-refractivity contribution in [1.29, 1.82) is 0 Å². The highest BCUT2D eigenvalue weighted by Gasteiger charge is 2.28. The van der Waals surface area contributed by atoms with E-state index in [0.29, 0.717) is 17.3 Å². The minimum absolute atomic E-state index is 0.0261. The fourth-order valence-electron chi connectivity index (χ4n) is 3.86. The third-order valence-corrected chi connectivity index (χ3v) is 5.50. The van der Waals surface area contributed by atoms with E-state index >= 15 is 0 Å². The largest absolute Gasteiger partial charge is 0.370 e. The lowest BCUT2D eigenvalue weighted by molar-refractivity contribution is 0.0518. The van der Waals surface area contributed by atoms with Crippen LogP contribution in [0, 0.1) is 6.92 Å². The van der Waals surface area contributed by atoms with Crippen LogP contribution in [0.5, 0.6) is 0 Å². The first kappa shape index (κ1) is 18.7. The Morgan fingerprint density at radius 1 is 1.08 bits per heavy atom. The number of likely N-dealkylation sites (tertiary alicyclic amines) is 1. The molecule has 1 aromatic carbocycles. The lowest BCUT2D eigenvalue weighted by Crippen LogP contribution is -2.52. The highest BCUT2D eigenvalue weighted by atomic mass is 16.2. The van der Waals surface area contributed by atoms with Gasteiger partial charge in [-0.25, -0.2) is 4.99 Å². The van der Waals surface area contributed by atoms with Gasteiger partial charge in [0.1, 0.15) is 0 Å². The summed E-state index contributed by atoms with van der Waals surface area (Å²) in [7, 11) is 2.18. The van der Waals surface area contributed by atoms with Gasteiger partial charge in [0.15, 0.2) is 5.96 Å². The normalized spacial score (nSPS) is 20.2. The topological polar surface area (TPSA) is 91.2 Å². The summed E-state index contributed by atoms with van der Waals surface area (Å²) in [5, 5.41) is 0. The molecule has 7 nitrogen and oxygen atoms in total. The number of aryl methyl sites for hydroxylation is 1. The Hall–Kier alpha value is -2.12. The first-order valence-electron chi connectivity index (χ1n) is 9.36. The summed E-state index contributed by atoms with van der Waals surface area (Å²) in [4.78, 5) is 23.9. The standard InChI is InChI=1S/C19H30N6O/c1-14-13-15(3-4-17(14)22-19(20)21)18(26)25-7-5-16(6-8-25)24-11-9-23(2)10-12-24/h3-4,13,16H,5-12H2,1-2H3,(H4,20,21,22). The molecule has 4 N–H and O–H groups in total. The van der Waals surface area contributed by atoms with E-state index < -0.39 is 0 Å². The minimum atomic E-state index is 0.0261. The molecule has 0 aromatic heterocycles. The summed E-state index contributed by atoms with van der Waals surface area (Å²) >= 11 is 0. The van der Waals surface area contributed by atoms with E-state index in [1.807, 2.05) is 24.0 Å². The van der Waals surface area contributed by atoms with Crippen LogP contribution < -0.4 is 11.5 Å². The average Bonchev–Trinajstić information content (AvgIpc) is 2.63. The molecule has 2 aliphatic rings. The molecular weight excluding hydrogens is 328 g/mol. The maximum atomic E-state index is 12.8. The van der Waals surface area contributed by atoms with Crippen LogP contribution in [0.25, 0.3) is 0 Å². The SMILES string of the molecule is Cc1cc(C(=O)N2CCC(N3CCN(C)CC3)CC2)ccc1N=C(N)N. The lowest BCUT2D eigenvalue weighted by atomic mass is 10.0. The van der Waals surface area contributed by atoms with Crippen molar-refractivity contribution in [3.05, 3.63) is 29.3 Å². The van der Waals surface area contributed by atoms with Gasteiger partial charge in [0.25, 0.3) is 5.91 Å². The van der Waals surface area contributed by atoms with E-state index in [-0.39, 0.29) is 11.9 Å². The van der Waals surface area contributed by atoms with Crippen LogP contribution in [0.4, 0.5) is 5.69 Å². The van der Waals surface area contributed by atoms with E-state index in [9.17, 15) is 4.79 Å². The molecule has 0 aliphatic carbocycles. The second-order valence-electron chi connectivity index (χ2n) is 7.40. The van der Waals surface area contributed by atoms with Gasteiger partial charge in [0.05, 0.1) is 5.69 Å². The van der Waals surface area contributed by atoms with Crippen LogP contribution in [0.15, 0.2) is 23.2 Å². The molecule has 2 fully saturated rings. The fraction of sp³-hybridized carbons (Fsp3) is 0.579. The molecule has 1 aromatic rings. The number of piperidine rings is 1. The number of amides is 1. The zero-order valence-electron chi connectivity index (χ0n) is 15.8. The summed E-state index contributed by atoms with van der Waals surface area (Å²) in [5.41, 5.74) is 13.2. The van der Waals surface area contributed by atoms with Crippen LogP contribution in [-0.2, 0) is 0 Å². The number of hydrogen-bond donors (Lipinski definition) is 2. The van der Waals surface area contributed by atoms with Gasteiger partial charge < -0.3 is 21.3 Å². The number of nitrogens with two attached hydrogens (primary N) is 2. The van der Waals surface area contributed by atoms with Crippen LogP contribution in [-0.4, -0.2) is 78.9 Å². The van der Waals surface area contributed by atoms with Gasteiger partial charge in [0, 0.05) is 50.9 Å². The Kier molecular flexibility index (Phi) is 5.78. The minimum Gasteiger partial charge on any atom is -0.370 e. The molecule has 3 rings (SSSR count). The third kappa shape index (κ3) is 4.34. The van der Waals surface area contributed by atoms with Crippen LogP contribution >= 0.6 is 0 Å². The number of guanidine groups is 1. The average molecular weight is 358 g/mol. The zero-order valence-corrected chi connectivity index (χ0v) is 15.8. The van der Waals surface area contributed by atoms with E-state index in [1.165, 1.54) is 0 Å². The Labute approximate surface area is 155 Å². The fourth-order valence-corrected chi connectivity index (χ4v) is 3.86. The van der Waals surface area contributed by atoms with Gasteiger partial charge in [-0.05, 0) is 50.6 Å². The van der Waals surface area contributed by atoms with Gasteiger partial charge in [-0.15, -0.1) is 0 Å². The van der Waals surface area contributed by atoms with Crippen molar-refractivity contribution >= 4 is 17.6 Å². The summed E-state index contributed by atoms with van der Waals surface area (Å²) in [5.74, 6) is 0.124. The smallest absolute Gasteiger partial charge is 0.253 e. The number of hydrogen-bond acceptors (Lipinski definition) is 4. The van der Waals surface area contributed by atoms with Gasteiger partial charge in [-0.1, -0.05) is 0 Å². The molecule has 0 saturated carbocycles. The van der Waals surface area contributed by atoms with E-state index in [2.05, 4.69) is 21.8 Å². The second-order valence-corrected chi connectivity index (χ2v) is 7.40. The van der Waals surface area contributed by atoms with Gasteiger partial charge in [0.2, 0.25) is 0 Å². The Morgan fingerprint density at radius 2 is 1.73 bits per heavy atom. The molecule has 1 amide bonds. The van der Waals surface area contributed by atoms with E-state index in [1.54, 1.807) is 6.07 Å². The van der Waals surface area contributed by atoms with Crippen LogP contribution in [0.1, 0.15) is 28.8 Å². The van der Waals surface area contributed by atoms with Crippen molar-refractivity contribution in [3.63, 3.8) is 0 Å². The Bertz CT molecular complexity index is 669. The first-order chi connectivity index (χ1) is 12.4. The molecule has 142 valence electrons. The maximum Gasteiger partial charge on any atom is 0.253 e. The van der Waals surface area contributed by atoms with Crippen molar-refractivity contribution < 1.29 is 4.79 Å². The van der Waals surface area contributed by atoms with Crippen LogP contribution in [0.3, 0.4) is 0 Å².